The highest BCUT2D eigenvalue weighted by Crippen LogP contribution is 2.56. The molecule has 3 atom stereocenters. The second-order valence-electron chi connectivity index (χ2n) is 8.47. The zero-order valence-corrected chi connectivity index (χ0v) is 18.3. The lowest BCUT2D eigenvalue weighted by Gasteiger charge is -2.35. The molecule has 5 rings (SSSR count). The summed E-state index contributed by atoms with van der Waals surface area (Å²) in [5, 5.41) is 22.8. The fourth-order valence-electron chi connectivity index (χ4n) is 5.32. The second-order valence-corrected chi connectivity index (χ2v) is 8.87. The minimum Gasteiger partial charge on any atom is -0.504 e. The molecule has 1 saturated heterocycles. The van der Waals surface area contributed by atoms with Gasteiger partial charge in [-0.15, -0.1) is 0 Å². The van der Waals surface area contributed by atoms with Gasteiger partial charge >= 0.3 is 0 Å². The number of carbonyl (C=O) groups is 2. The number of hydrogen-bond donors (Lipinski definition) is 3. The smallest absolute Gasteiger partial charge is 0.250 e. The molecule has 6 nitrogen and oxygen atoms in total. The Hall–Kier alpha value is -3.42. The number of nitrogens with one attached hydrogen (secondary N) is 1. The number of nitrogens with zero attached hydrogens (tertiary/aromatic N) is 1. The van der Waals surface area contributed by atoms with Gasteiger partial charge in [-0.1, -0.05) is 35.9 Å². The van der Waals surface area contributed by atoms with Crippen LogP contribution in [-0.4, -0.2) is 40.4 Å². The van der Waals surface area contributed by atoms with Crippen LogP contribution in [-0.2, 0) is 10.3 Å². The Kier molecular flexibility index (Phi) is 4.92. The van der Waals surface area contributed by atoms with E-state index >= 15 is 0 Å². The molecule has 0 aliphatic carbocycles. The van der Waals surface area contributed by atoms with E-state index in [1.165, 1.54) is 18.2 Å². The normalized spacial score (nSPS) is 24.2. The first-order valence-corrected chi connectivity index (χ1v) is 10.8. The molecule has 2 heterocycles. The van der Waals surface area contributed by atoms with Gasteiger partial charge in [0.25, 0.3) is 0 Å². The quantitative estimate of drug-likeness (QED) is 0.396. The molecule has 168 valence electrons. The maximum absolute atomic E-state index is 14.1. The fraction of sp³-hybridized carbons (Fsp3) is 0.200. The van der Waals surface area contributed by atoms with Gasteiger partial charge in [-0.25, -0.2) is 4.39 Å². The number of likely N-dealkylation sites (tertiary alicyclic amines) is 1. The van der Waals surface area contributed by atoms with Crippen LogP contribution in [0.1, 0.15) is 27.4 Å². The predicted molar refractivity (Wildman–Crippen MR) is 121 cm³/mol. The Morgan fingerprint density at radius 2 is 1.88 bits per heavy atom. The first kappa shape index (κ1) is 21.4. The first-order valence-electron chi connectivity index (χ1n) is 10.4. The molecule has 3 aromatic carbocycles. The Morgan fingerprint density at radius 3 is 2.61 bits per heavy atom. The number of aromatic hydroxyl groups is 2. The van der Waals surface area contributed by atoms with E-state index in [9.17, 15) is 24.2 Å². The minimum absolute atomic E-state index is 0.0382. The number of amides is 1. The summed E-state index contributed by atoms with van der Waals surface area (Å²) in [5.41, 5.74) is 0.653. The van der Waals surface area contributed by atoms with Crippen molar-refractivity contribution < 1.29 is 24.2 Å². The molecule has 0 radical (unpaired) electrons. The first-order chi connectivity index (χ1) is 15.7. The lowest BCUT2D eigenvalue weighted by molar-refractivity contribution is -0.126. The third-order valence-corrected chi connectivity index (χ3v) is 7.08. The van der Waals surface area contributed by atoms with Gasteiger partial charge in [0.1, 0.15) is 11.4 Å². The van der Waals surface area contributed by atoms with E-state index in [0.29, 0.717) is 23.4 Å². The number of likely N-dealkylation sites (N-methyl/N-ethyl adjacent to an activating group) is 1. The second kappa shape index (κ2) is 7.57. The van der Waals surface area contributed by atoms with Crippen LogP contribution in [0.15, 0.2) is 60.7 Å². The van der Waals surface area contributed by atoms with Crippen molar-refractivity contribution in [2.24, 2.45) is 5.92 Å². The number of para-hydroxylation sites is 1. The van der Waals surface area contributed by atoms with Crippen LogP contribution < -0.4 is 5.32 Å². The molecule has 1 spiro atoms. The lowest BCUT2D eigenvalue weighted by atomic mass is 9.70. The molecule has 0 saturated carbocycles. The van der Waals surface area contributed by atoms with E-state index in [4.69, 9.17) is 11.6 Å². The van der Waals surface area contributed by atoms with Crippen molar-refractivity contribution in [3.8, 4) is 11.5 Å². The number of halogens is 2. The molecule has 3 N–H and O–H groups in total. The summed E-state index contributed by atoms with van der Waals surface area (Å²) in [7, 11) is 1.77. The fourth-order valence-corrected chi connectivity index (χ4v) is 5.58. The molecular weight excluding hydrogens is 447 g/mol. The summed E-state index contributed by atoms with van der Waals surface area (Å²) >= 11 is 6.26. The molecule has 2 aliphatic heterocycles. The predicted octanol–water partition coefficient (Wildman–Crippen LogP) is 4.27. The highest BCUT2D eigenvalue weighted by Gasteiger charge is 2.64. The number of anilines is 1. The zero-order chi connectivity index (χ0) is 23.5. The van der Waals surface area contributed by atoms with E-state index in [1.54, 1.807) is 31.3 Å². The van der Waals surface area contributed by atoms with Crippen LogP contribution in [0.25, 0.3) is 0 Å². The highest BCUT2D eigenvalue weighted by atomic mass is 35.5. The average molecular weight is 467 g/mol. The lowest BCUT2D eigenvalue weighted by Crippen LogP contribution is -2.51. The number of rotatable bonds is 3. The molecule has 1 fully saturated rings. The standard InChI is InChI=1S/C25H20ClFN2O4/c1-29-12-16(13-6-9-20(30)21(31)10-13)22(23(32)15-8-7-14(27)11-18(15)26)25(29)17-4-2-3-5-19(17)28-24(25)33/h2-11,16,22,30-31H,12H2,1H3,(H,28,33). The Labute approximate surface area is 194 Å². The van der Waals surface area contributed by atoms with Gasteiger partial charge in [0.15, 0.2) is 17.3 Å². The number of phenolic OH excluding ortho intramolecular Hbond substituents is 2. The molecule has 8 heteroatoms. The number of ketones is 1. The van der Waals surface area contributed by atoms with E-state index in [0.717, 1.165) is 12.1 Å². The van der Waals surface area contributed by atoms with E-state index in [1.807, 2.05) is 11.0 Å². The highest BCUT2D eigenvalue weighted by molar-refractivity contribution is 6.34. The molecule has 1 amide bonds. The Morgan fingerprint density at radius 1 is 1.12 bits per heavy atom. The summed E-state index contributed by atoms with van der Waals surface area (Å²) in [6, 6.07) is 15.1. The molecular formula is C25H20ClFN2O4. The number of fused-ring (bicyclic) bond motifs is 2. The van der Waals surface area contributed by atoms with Gasteiger partial charge in [-0.3, -0.25) is 14.5 Å². The summed E-state index contributed by atoms with van der Waals surface area (Å²) in [5.74, 6) is -3.38. The maximum atomic E-state index is 14.1. The van der Waals surface area contributed by atoms with Crippen LogP contribution in [0, 0.1) is 11.7 Å². The van der Waals surface area contributed by atoms with Crippen LogP contribution in [0.3, 0.4) is 0 Å². The molecule has 0 bridgehead atoms. The molecule has 2 aliphatic rings. The van der Waals surface area contributed by atoms with Crippen molar-refractivity contribution in [1.29, 1.82) is 0 Å². The van der Waals surface area contributed by atoms with Crippen LogP contribution in [0.4, 0.5) is 10.1 Å². The molecule has 3 unspecified atom stereocenters. The van der Waals surface area contributed by atoms with Crippen molar-refractivity contribution in [2.75, 3.05) is 18.9 Å². The van der Waals surface area contributed by atoms with Gasteiger partial charge in [0.05, 0.1) is 10.9 Å². The number of phenols is 2. The van der Waals surface area contributed by atoms with Gasteiger partial charge in [0.2, 0.25) is 5.91 Å². The average Bonchev–Trinajstić information content (AvgIpc) is 3.25. The van der Waals surface area contributed by atoms with E-state index in [-0.39, 0.29) is 28.0 Å². The number of hydrogen-bond acceptors (Lipinski definition) is 5. The SMILES string of the molecule is CN1CC(c2ccc(O)c(O)c2)C(C(=O)c2ccc(F)cc2Cl)C12C(=O)Nc1ccccc12. The largest absolute Gasteiger partial charge is 0.504 e. The van der Waals surface area contributed by atoms with Gasteiger partial charge in [-0.05, 0) is 49.0 Å². The van der Waals surface area contributed by atoms with Crippen LogP contribution >= 0.6 is 11.6 Å². The Bertz CT molecular complexity index is 1310. The summed E-state index contributed by atoms with van der Waals surface area (Å²) in [6.45, 7) is 0.321. The van der Waals surface area contributed by atoms with Crippen molar-refractivity contribution in [3.05, 3.63) is 88.2 Å². The third-order valence-electron chi connectivity index (χ3n) is 6.76. The summed E-state index contributed by atoms with van der Waals surface area (Å²) in [4.78, 5) is 29.4. The topological polar surface area (TPSA) is 89.9 Å². The summed E-state index contributed by atoms with van der Waals surface area (Å²) in [6.07, 6.45) is 0. The van der Waals surface area contributed by atoms with Gasteiger partial charge in [-0.2, -0.15) is 0 Å². The van der Waals surface area contributed by atoms with Crippen molar-refractivity contribution in [2.45, 2.75) is 11.5 Å². The minimum atomic E-state index is -1.33. The maximum Gasteiger partial charge on any atom is 0.250 e. The Balaban J connectivity index is 1.74. The third kappa shape index (κ3) is 3.03. The van der Waals surface area contributed by atoms with Crippen molar-refractivity contribution in [1.82, 2.24) is 4.90 Å². The molecule has 0 aromatic heterocycles. The monoisotopic (exact) mass is 466 g/mol. The zero-order valence-electron chi connectivity index (χ0n) is 17.5. The van der Waals surface area contributed by atoms with Crippen molar-refractivity contribution >= 4 is 29.0 Å². The summed E-state index contributed by atoms with van der Waals surface area (Å²) < 4.78 is 13.7. The van der Waals surface area contributed by atoms with Crippen LogP contribution in [0.5, 0.6) is 11.5 Å². The number of benzene rings is 3. The van der Waals surface area contributed by atoms with Crippen molar-refractivity contribution in [3.63, 3.8) is 0 Å². The van der Waals surface area contributed by atoms with Gasteiger partial charge < -0.3 is 15.5 Å². The van der Waals surface area contributed by atoms with Gasteiger partial charge in [0, 0.05) is 29.3 Å². The number of Topliss-reactive ketones (excluding diaryl/α,β-unsaturated/α-hetero) is 1. The number of carbonyl (C=O) groups excluding carboxylic acids is 2. The van der Waals surface area contributed by atoms with E-state index in [2.05, 4.69) is 5.32 Å². The van der Waals surface area contributed by atoms with Crippen LogP contribution in [0.2, 0.25) is 5.02 Å². The molecule has 33 heavy (non-hydrogen) atoms. The van der Waals surface area contributed by atoms with E-state index < -0.39 is 29.0 Å². The molecule has 3 aromatic rings.